The predicted molar refractivity (Wildman–Crippen MR) is 74.5 cm³/mol. The van der Waals surface area contributed by atoms with E-state index in [0.29, 0.717) is 5.13 Å². The van der Waals surface area contributed by atoms with E-state index in [1.165, 1.54) is 43.5 Å². The molecule has 1 heterocycles. The van der Waals surface area contributed by atoms with E-state index in [0.717, 1.165) is 18.5 Å². The van der Waals surface area contributed by atoms with Gasteiger partial charge in [-0.25, -0.2) is 4.98 Å². The van der Waals surface area contributed by atoms with E-state index in [1.807, 2.05) is 6.20 Å². The lowest BCUT2D eigenvalue weighted by Crippen LogP contribution is -2.40. The van der Waals surface area contributed by atoms with Crippen molar-refractivity contribution < 1.29 is 0 Å². The van der Waals surface area contributed by atoms with Crippen LogP contribution < -0.4 is 5.73 Å². The van der Waals surface area contributed by atoms with Crippen molar-refractivity contribution in [2.45, 2.75) is 44.7 Å². The van der Waals surface area contributed by atoms with Crippen molar-refractivity contribution in [2.75, 3.05) is 12.3 Å². The zero-order chi connectivity index (χ0) is 11.0. The molecule has 3 rings (SSSR count). The van der Waals surface area contributed by atoms with Crippen LogP contribution in [0.2, 0.25) is 0 Å². The first-order valence-electron chi connectivity index (χ1n) is 6.25. The summed E-state index contributed by atoms with van der Waals surface area (Å²) in [5, 5.41) is 0.704. The highest BCUT2D eigenvalue weighted by molar-refractivity contribution is 7.15. The van der Waals surface area contributed by atoms with Gasteiger partial charge in [-0.05, 0) is 31.6 Å². The average Bonchev–Trinajstić information content (AvgIpc) is 2.87. The van der Waals surface area contributed by atoms with Gasteiger partial charge in [0.2, 0.25) is 0 Å². The van der Waals surface area contributed by atoms with Gasteiger partial charge < -0.3 is 5.73 Å². The molecule has 17 heavy (non-hydrogen) atoms. The number of anilines is 1. The van der Waals surface area contributed by atoms with Crippen LogP contribution in [-0.2, 0) is 6.54 Å². The number of aromatic nitrogens is 1. The minimum atomic E-state index is 0. The normalized spacial score (nSPS) is 20.1. The highest BCUT2D eigenvalue weighted by Crippen LogP contribution is 2.34. The fraction of sp³-hybridized carbons (Fsp3) is 0.750. The van der Waals surface area contributed by atoms with E-state index in [9.17, 15) is 0 Å². The van der Waals surface area contributed by atoms with Crippen molar-refractivity contribution in [3.05, 3.63) is 11.1 Å². The van der Waals surface area contributed by atoms with Crippen LogP contribution in [0.4, 0.5) is 5.13 Å². The standard InChI is InChI=1S/C12H19N3S.ClH/c13-12-14-6-11(16-12)8-15(7-9-4-5-9)10-2-1-3-10;/h6,9-10H,1-5,7-8H2,(H2,13,14);1H. The Bertz CT molecular complexity index is 360. The van der Waals surface area contributed by atoms with Crippen molar-refractivity contribution in [1.82, 2.24) is 9.88 Å². The minimum Gasteiger partial charge on any atom is -0.375 e. The molecule has 0 amide bonds. The summed E-state index contributed by atoms with van der Waals surface area (Å²) in [4.78, 5) is 8.12. The smallest absolute Gasteiger partial charge is 0.180 e. The molecule has 2 N–H and O–H groups in total. The average molecular weight is 274 g/mol. The molecule has 0 aromatic carbocycles. The second kappa shape index (κ2) is 5.55. The molecule has 0 aliphatic heterocycles. The Hall–Kier alpha value is -0.320. The molecule has 2 fully saturated rings. The summed E-state index contributed by atoms with van der Waals surface area (Å²) in [6, 6.07) is 0.837. The summed E-state index contributed by atoms with van der Waals surface area (Å²) in [7, 11) is 0. The predicted octanol–water partition coefficient (Wildman–Crippen LogP) is 2.91. The quantitative estimate of drug-likeness (QED) is 0.897. The van der Waals surface area contributed by atoms with Crippen LogP contribution in [0.25, 0.3) is 0 Å². The SMILES string of the molecule is Cl.Nc1ncc(CN(CC2CC2)C2CCC2)s1. The van der Waals surface area contributed by atoms with Gasteiger partial charge in [0, 0.05) is 30.2 Å². The maximum Gasteiger partial charge on any atom is 0.180 e. The van der Waals surface area contributed by atoms with Gasteiger partial charge in [-0.3, -0.25) is 4.90 Å². The lowest BCUT2D eigenvalue weighted by atomic mass is 9.91. The third kappa shape index (κ3) is 3.33. The summed E-state index contributed by atoms with van der Waals surface area (Å²) in [6.07, 6.45) is 9.01. The Morgan fingerprint density at radius 2 is 2.12 bits per heavy atom. The first kappa shape index (κ1) is 13.1. The Morgan fingerprint density at radius 1 is 1.35 bits per heavy atom. The first-order valence-corrected chi connectivity index (χ1v) is 7.07. The highest BCUT2D eigenvalue weighted by atomic mass is 35.5. The zero-order valence-electron chi connectivity index (χ0n) is 9.97. The van der Waals surface area contributed by atoms with Crippen LogP contribution >= 0.6 is 23.7 Å². The summed E-state index contributed by atoms with van der Waals surface area (Å²) >= 11 is 1.64. The molecule has 1 aromatic rings. The summed E-state index contributed by atoms with van der Waals surface area (Å²) in [5.74, 6) is 0.978. The third-order valence-corrected chi connectivity index (χ3v) is 4.52. The third-order valence-electron chi connectivity index (χ3n) is 3.71. The number of nitrogens with zero attached hydrogens (tertiary/aromatic N) is 2. The second-order valence-electron chi connectivity index (χ2n) is 5.12. The maximum absolute atomic E-state index is 5.68. The van der Waals surface area contributed by atoms with Crippen LogP contribution in [0.1, 0.15) is 37.0 Å². The molecule has 0 unspecified atom stereocenters. The molecule has 0 saturated heterocycles. The van der Waals surface area contributed by atoms with Crippen molar-refractivity contribution in [1.29, 1.82) is 0 Å². The van der Waals surface area contributed by atoms with E-state index in [4.69, 9.17) is 5.73 Å². The van der Waals surface area contributed by atoms with E-state index >= 15 is 0 Å². The van der Waals surface area contributed by atoms with Crippen molar-refractivity contribution in [3.8, 4) is 0 Å². The molecule has 96 valence electrons. The van der Waals surface area contributed by atoms with Crippen LogP contribution in [-0.4, -0.2) is 22.5 Å². The van der Waals surface area contributed by atoms with Gasteiger partial charge in [0.15, 0.2) is 5.13 Å². The monoisotopic (exact) mass is 273 g/mol. The fourth-order valence-corrected chi connectivity index (χ4v) is 3.03. The van der Waals surface area contributed by atoms with Crippen molar-refractivity contribution in [2.24, 2.45) is 5.92 Å². The summed E-state index contributed by atoms with van der Waals surface area (Å²) < 4.78 is 0. The Morgan fingerprint density at radius 3 is 2.59 bits per heavy atom. The van der Waals surface area contributed by atoms with E-state index < -0.39 is 0 Å². The lowest BCUT2D eigenvalue weighted by molar-refractivity contribution is 0.115. The number of hydrogen-bond donors (Lipinski definition) is 1. The molecule has 0 spiro atoms. The largest absolute Gasteiger partial charge is 0.375 e. The van der Waals surface area contributed by atoms with Crippen LogP contribution in [0.15, 0.2) is 6.20 Å². The van der Waals surface area contributed by atoms with E-state index in [2.05, 4.69) is 9.88 Å². The van der Waals surface area contributed by atoms with Gasteiger partial charge in [-0.2, -0.15) is 0 Å². The van der Waals surface area contributed by atoms with Crippen LogP contribution in [0, 0.1) is 5.92 Å². The van der Waals surface area contributed by atoms with E-state index in [1.54, 1.807) is 11.3 Å². The van der Waals surface area contributed by atoms with Gasteiger partial charge in [0.1, 0.15) is 0 Å². The highest BCUT2D eigenvalue weighted by Gasteiger charge is 2.31. The maximum atomic E-state index is 5.68. The Kier molecular flexibility index (Phi) is 4.28. The number of hydrogen-bond acceptors (Lipinski definition) is 4. The van der Waals surface area contributed by atoms with Crippen molar-refractivity contribution in [3.63, 3.8) is 0 Å². The second-order valence-corrected chi connectivity index (χ2v) is 6.27. The zero-order valence-corrected chi connectivity index (χ0v) is 11.6. The Labute approximate surface area is 113 Å². The van der Waals surface area contributed by atoms with E-state index in [-0.39, 0.29) is 12.4 Å². The van der Waals surface area contributed by atoms with Crippen LogP contribution in [0.3, 0.4) is 0 Å². The lowest BCUT2D eigenvalue weighted by Gasteiger charge is -2.37. The molecule has 0 atom stereocenters. The molecule has 2 aliphatic rings. The molecule has 2 saturated carbocycles. The molecule has 5 heteroatoms. The van der Waals surface area contributed by atoms with Gasteiger partial charge in [0.05, 0.1) is 0 Å². The molecule has 2 aliphatic carbocycles. The van der Waals surface area contributed by atoms with Gasteiger partial charge in [-0.1, -0.05) is 6.42 Å². The van der Waals surface area contributed by atoms with Gasteiger partial charge in [-0.15, -0.1) is 23.7 Å². The van der Waals surface area contributed by atoms with Crippen LogP contribution in [0.5, 0.6) is 0 Å². The molecular weight excluding hydrogens is 254 g/mol. The van der Waals surface area contributed by atoms with Crippen molar-refractivity contribution >= 4 is 28.9 Å². The minimum absolute atomic E-state index is 0. The number of rotatable bonds is 5. The number of halogens is 1. The number of nitrogens with two attached hydrogens (primary N) is 1. The van der Waals surface area contributed by atoms with Gasteiger partial charge in [0.25, 0.3) is 0 Å². The molecule has 0 radical (unpaired) electrons. The first-order chi connectivity index (χ1) is 7.81. The number of nitrogen functional groups attached to an aromatic ring is 1. The molecular formula is C12H20ClN3S. The number of thiazole rings is 1. The fourth-order valence-electron chi connectivity index (χ4n) is 2.32. The molecule has 0 bridgehead atoms. The molecule has 3 nitrogen and oxygen atoms in total. The topological polar surface area (TPSA) is 42.1 Å². The summed E-state index contributed by atoms with van der Waals surface area (Å²) in [5.41, 5.74) is 5.68. The van der Waals surface area contributed by atoms with Gasteiger partial charge >= 0.3 is 0 Å². The molecule has 1 aromatic heterocycles. The Balaban J connectivity index is 0.00000108. The summed E-state index contributed by atoms with van der Waals surface area (Å²) in [6.45, 7) is 2.36.